The van der Waals surface area contributed by atoms with Crippen molar-refractivity contribution in [2.24, 2.45) is 5.73 Å². The zero-order valence-electron chi connectivity index (χ0n) is 10.7. The van der Waals surface area contributed by atoms with Crippen LogP contribution in [-0.2, 0) is 0 Å². The number of para-hydroxylation sites is 1. The summed E-state index contributed by atoms with van der Waals surface area (Å²) < 4.78 is 5.87. The van der Waals surface area contributed by atoms with E-state index < -0.39 is 0 Å². The summed E-state index contributed by atoms with van der Waals surface area (Å²) in [5, 5.41) is 1.16. The first kappa shape index (κ1) is 12.2. The normalized spacial score (nSPS) is 13.1. The maximum absolute atomic E-state index is 6.16. The molecule has 1 unspecified atom stereocenters. The molecule has 0 amide bonds. The highest BCUT2D eigenvalue weighted by molar-refractivity contribution is 5.80. The van der Waals surface area contributed by atoms with Crippen LogP contribution in [0.25, 0.3) is 11.0 Å². The van der Waals surface area contributed by atoms with Crippen LogP contribution in [0.2, 0.25) is 0 Å². The second-order valence-electron chi connectivity index (χ2n) is 4.74. The van der Waals surface area contributed by atoms with Crippen molar-refractivity contribution in [3.8, 4) is 0 Å². The topological polar surface area (TPSA) is 39.2 Å². The van der Waals surface area contributed by atoms with Crippen molar-refractivity contribution in [2.45, 2.75) is 45.6 Å². The Morgan fingerprint density at radius 2 is 2.12 bits per heavy atom. The van der Waals surface area contributed by atoms with Crippen LogP contribution >= 0.6 is 0 Å². The Hall–Kier alpha value is -1.28. The van der Waals surface area contributed by atoms with Crippen LogP contribution in [0.1, 0.15) is 50.0 Å². The summed E-state index contributed by atoms with van der Waals surface area (Å²) in [6.07, 6.45) is 4.65. The van der Waals surface area contributed by atoms with E-state index in [1.54, 1.807) is 0 Å². The molecule has 1 aromatic carbocycles. The highest BCUT2D eigenvalue weighted by Gasteiger charge is 2.12. The molecular weight excluding hydrogens is 210 g/mol. The van der Waals surface area contributed by atoms with E-state index in [0.29, 0.717) is 0 Å². The number of unbranched alkanes of at least 4 members (excludes halogenated alkanes) is 2. The molecule has 1 aromatic heterocycles. The van der Waals surface area contributed by atoms with Crippen LogP contribution < -0.4 is 5.73 Å². The molecule has 2 aromatic rings. The molecule has 0 aliphatic heterocycles. The summed E-state index contributed by atoms with van der Waals surface area (Å²) in [5.74, 6) is 0.922. The van der Waals surface area contributed by atoms with Crippen molar-refractivity contribution in [3.05, 3.63) is 35.6 Å². The van der Waals surface area contributed by atoms with Gasteiger partial charge in [-0.2, -0.15) is 0 Å². The van der Waals surface area contributed by atoms with Crippen molar-refractivity contribution in [3.63, 3.8) is 0 Å². The summed E-state index contributed by atoms with van der Waals surface area (Å²) in [6.45, 7) is 4.27. The Bertz CT molecular complexity index is 487. The molecule has 1 heterocycles. The van der Waals surface area contributed by atoms with E-state index in [9.17, 15) is 0 Å². The van der Waals surface area contributed by atoms with Crippen LogP contribution in [0, 0.1) is 6.92 Å². The molecule has 0 aliphatic rings. The standard InChI is InChI=1S/C15H21NO/c1-3-4-5-9-13(16)14-10-12-8-6-7-11(2)15(12)17-14/h6-8,10,13H,3-5,9,16H2,1-2H3. The van der Waals surface area contributed by atoms with Crippen molar-refractivity contribution >= 4 is 11.0 Å². The smallest absolute Gasteiger partial charge is 0.137 e. The molecule has 2 N–H and O–H groups in total. The maximum Gasteiger partial charge on any atom is 0.137 e. The Morgan fingerprint density at radius 3 is 2.82 bits per heavy atom. The lowest BCUT2D eigenvalue weighted by Gasteiger charge is -2.07. The van der Waals surface area contributed by atoms with Crippen LogP contribution in [0.15, 0.2) is 28.7 Å². The minimum Gasteiger partial charge on any atom is -0.459 e. The molecule has 17 heavy (non-hydrogen) atoms. The molecule has 1 atom stereocenters. The van der Waals surface area contributed by atoms with E-state index in [-0.39, 0.29) is 6.04 Å². The van der Waals surface area contributed by atoms with Gasteiger partial charge in [0, 0.05) is 5.39 Å². The third-order valence-corrected chi connectivity index (χ3v) is 3.24. The first-order valence-electron chi connectivity index (χ1n) is 6.47. The second kappa shape index (κ2) is 5.37. The Morgan fingerprint density at radius 1 is 1.29 bits per heavy atom. The number of nitrogens with two attached hydrogens (primary N) is 1. The number of benzene rings is 1. The number of hydrogen-bond donors (Lipinski definition) is 1. The Balaban J connectivity index is 2.16. The fraction of sp³-hybridized carbons (Fsp3) is 0.467. The fourth-order valence-corrected chi connectivity index (χ4v) is 2.17. The van der Waals surface area contributed by atoms with Crippen LogP contribution in [0.5, 0.6) is 0 Å². The zero-order chi connectivity index (χ0) is 12.3. The van der Waals surface area contributed by atoms with Gasteiger partial charge in [-0.3, -0.25) is 0 Å². The van der Waals surface area contributed by atoms with Gasteiger partial charge in [0.25, 0.3) is 0 Å². The van der Waals surface area contributed by atoms with Gasteiger partial charge in [-0.1, -0.05) is 44.4 Å². The van der Waals surface area contributed by atoms with E-state index in [0.717, 1.165) is 23.2 Å². The zero-order valence-corrected chi connectivity index (χ0v) is 10.7. The number of fused-ring (bicyclic) bond motifs is 1. The lowest BCUT2D eigenvalue weighted by atomic mass is 10.1. The van der Waals surface area contributed by atoms with Gasteiger partial charge in [-0.15, -0.1) is 0 Å². The molecule has 0 radical (unpaired) electrons. The van der Waals surface area contributed by atoms with Crippen molar-refractivity contribution in [2.75, 3.05) is 0 Å². The molecule has 0 bridgehead atoms. The largest absolute Gasteiger partial charge is 0.459 e. The first-order chi connectivity index (χ1) is 8.22. The lowest BCUT2D eigenvalue weighted by Crippen LogP contribution is -2.08. The number of aryl methyl sites for hydroxylation is 1. The number of furan rings is 1. The Labute approximate surface area is 103 Å². The molecule has 0 fully saturated rings. The second-order valence-corrected chi connectivity index (χ2v) is 4.74. The summed E-state index contributed by atoms with van der Waals surface area (Å²) in [7, 11) is 0. The number of rotatable bonds is 5. The molecule has 2 nitrogen and oxygen atoms in total. The molecule has 2 heteroatoms. The average Bonchev–Trinajstić information content (AvgIpc) is 2.75. The summed E-state index contributed by atoms with van der Waals surface area (Å²) in [6, 6.07) is 8.32. The van der Waals surface area contributed by atoms with Crippen LogP contribution in [0.4, 0.5) is 0 Å². The van der Waals surface area contributed by atoms with E-state index >= 15 is 0 Å². The molecule has 0 saturated carbocycles. The van der Waals surface area contributed by atoms with Crippen molar-refractivity contribution in [1.29, 1.82) is 0 Å². The van der Waals surface area contributed by atoms with E-state index in [1.165, 1.54) is 24.8 Å². The SMILES string of the molecule is CCCCCC(N)c1cc2cccc(C)c2o1. The fourth-order valence-electron chi connectivity index (χ4n) is 2.17. The van der Waals surface area contributed by atoms with Gasteiger partial charge in [0.15, 0.2) is 0 Å². The van der Waals surface area contributed by atoms with Gasteiger partial charge in [-0.25, -0.2) is 0 Å². The third-order valence-electron chi connectivity index (χ3n) is 3.24. The maximum atomic E-state index is 6.16. The number of hydrogen-bond acceptors (Lipinski definition) is 2. The van der Waals surface area contributed by atoms with Crippen LogP contribution in [-0.4, -0.2) is 0 Å². The first-order valence-corrected chi connectivity index (χ1v) is 6.47. The molecule has 2 rings (SSSR count). The third kappa shape index (κ3) is 2.70. The van der Waals surface area contributed by atoms with Gasteiger partial charge in [0.1, 0.15) is 11.3 Å². The van der Waals surface area contributed by atoms with E-state index in [4.69, 9.17) is 10.2 Å². The lowest BCUT2D eigenvalue weighted by molar-refractivity contribution is 0.463. The van der Waals surface area contributed by atoms with Crippen molar-refractivity contribution in [1.82, 2.24) is 0 Å². The predicted molar refractivity (Wildman–Crippen MR) is 72.0 cm³/mol. The quantitative estimate of drug-likeness (QED) is 0.778. The minimum absolute atomic E-state index is 0.0355. The predicted octanol–water partition coefficient (Wildman–Crippen LogP) is 4.32. The molecule has 92 valence electrons. The molecule has 0 saturated heterocycles. The van der Waals surface area contributed by atoms with Gasteiger partial charge in [-0.05, 0) is 25.0 Å². The highest BCUT2D eigenvalue weighted by atomic mass is 16.3. The summed E-state index contributed by atoms with van der Waals surface area (Å²) in [4.78, 5) is 0. The molecule has 0 spiro atoms. The average molecular weight is 231 g/mol. The summed E-state index contributed by atoms with van der Waals surface area (Å²) in [5.41, 5.74) is 8.31. The molecular formula is C15H21NO. The van der Waals surface area contributed by atoms with Gasteiger partial charge in [0.05, 0.1) is 6.04 Å². The highest BCUT2D eigenvalue weighted by Crippen LogP contribution is 2.27. The monoisotopic (exact) mass is 231 g/mol. The van der Waals surface area contributed by atoms with Crippen LogP contribution in [0.3, 0.4) is 0 Å². The summed E-state index contributed by atoms with van der Waals surface area (Å²) >= 11 is 0. The van der Waals surface area contributed by atoms with Gasteiger partial charge < -0.3 is 10.2 Å². The molecule has 0 aliphatic carbocycles. The minimum atomic E-state index is 0.0355. The van der Waals surface area contributed by atoms with E-state index in [2.05, 4.69) is 38.1 Å². The van der Waals surface area contributed by atoms with Crippen molar-refractivity contribution < 1.29 is 4.42 Å². The Kier molecular flexibility index (Phi) is 3.85. The van der Waals surface area contributed by atoms with E-state index in [1.807, 2.05) is 0 Å². The van der Waals surface area contributed by atoms with Gasteiger partial charge in [0.2, 0.25) is 0 Å². The van der Waals surface area contributed by atoms with Gasteiger partial charge >= 0.3 is 0 Å².